The van der Waals surface area contributed by atoms with Crippen LogP contribution in [0.15, 0.2) is 0 Å². The number of rotatable bonds is 1. The standard InChI is InChI=1S/C8H14O4/c1-5-3-7(12-6(2)9)4-8(10)11-5/h5,7-8,10H,3-4H2,1-2H3/t5-,7+,8?/m1/s1. The van der Waals surface area contributed by atoms with E-state index in [9.17, 15) is 4.79 Å². The molecule has 0 aromatic carbocycles. The summed E-state index contributed by atoms with van der Waals surface area (Å²) in [5.74, 6) is -0.304. The lowest BCUT2D eigenvalue weighted by molar-refractivity contribution is -0.195. The van der Waals surface area contributed by atoms with Gasteiger partial charge in [-0.2, -0.15) is 0 Å². The third-order valence-electron chi connectivity index (χ3n) is 1.78. The molecule has 0 spiro atoms. The van der Waals surface area contributed by atoms with Crippen molar-refractivity contribution in [1.82, 2.24) is 0 Å². The molecule has 1 N–H and O–H groups in total. The molecule has 0 bridgehead atoms. The van der Waals surface area contributed by atoms with E-state index in [2.05, 4.69) is 0 Å². The first kappa shape index (κ1) is 9.48. The molecule has 0 aliphatic carbocycles. The van der Waals surface area contributed by atoms with Crippen molar-refractivity contribution in [2.45, 2.75) is 45.2 Å². The molecule has 4 heteroatoms. The van der Waals surface area contributed by atoms with E-state index in [0.29, 0.717) is 12.8 Å². The molecular formula is C8H14O4. The molecule has 0 aromatic rings. The highest BCUT2D eigenvalue weighted by atomic mass is 16.6. The quantitative estimate of drug-likeness (QED) is 0.586. The van der Waals surface area contributed by atoms with Gasteiger partial charge in [0.05, 0.1) is 6.10 Å². The second-order valence-corrected chi connectivity index (χ2v) is 3.10. The Labute approximate surface area is 71.5 Å². The minimum Gasteiger partial charge on any atom is -0.462 e. The Morgan fingerprint density at radius 3 is 2.75 bits per heavy atom. The predicted octanol–water partition coefficient (Wildman–Crippen LogP) is 0.435. The minimum absolute atomic E-state index is 0.0434. The molecule has 1 fully saturated rings. The maximum atomic E-state index is 10.6. The first-order valence-corrected chi connectivity index (χ1v) is 4.08. The molecule has 3 atom stereocenters. The molecule has 1 heterocycles. The van der Waals surface area contributed by atoms with Gasteiger partial charge < -0.3 is 14.6 Å². The van der Waals surface area contributed by atoms with Crippen molar-refractivity contribution in [1.29, 1.82) is 0 Å². The van der Waals surface area contributed by atoms with Gasteiger partial charge in [-0.05, 0) is 6.92 Å². The van der Waals surface area contributed by atoms with E-state index in [1.165, 1.54) is 6.92 Å². The van der Waals surface area contributed by atoms with Crippen LogP contribution in [0.2, 0.25) is 0 Å². The zero-order valence-electron chi connectivity index (χ0n) is 7.32. The van der Waals surface area contributed by atoms with Crippen molar-refractivity contribution in [2.24, 2.45) is 0 Å². The first-order chi connectivity index (χ1) is 5.58. The lowest BCUT2D eigenvalue weighted by atomic mass is 10.1. The summed E-state index contributed by atoms with van der Waals surface area (Å²) in [4.78, 5) is 10.6. The Balaban J connectivity index is 2.38. The third-order valence-corrected chi connectivity index (χ3v) is 1.78. The Morgan fingerprint density at radius 2 is 2.25 bits per heavy atom. The monoisotopic (exact) mass is 174 g/mol. The number of aliphatic hydroxyl groups is 1. The van der Waals surface area contributed by atoms with Gasteiger partial charge in [-0.25, -0.2) is 0 Å². The van der Waals surface area contributed by atoms with Crippen molar-refractivity contribution in [3.63, 3.8) is 0 Å². The van der Waals surface area contributed by atoms with Gasteiger partial charge in [-0.3, -0.25) is 4.79 Å². The maximum Gasteiger partial charge on any atom is 0.302 e. The second kappa shape index (κ2) is 3.87. The van der Waals surface area contributed by atoms with Gasteiger partial charge in [0.1, 0.15) is 6.10 Å². The molecule has 12 heavy (non-hydrogen) atoms. The van der Waals surface area contributed by atoms with Gasteiger partial charge in [0.2, 0.25) is 0 Å². The lowest BCUT2D eigenvalue weighted by Crippen LogP contribution is -2.36. The van der Waals surface area contributed by atoms with Gasteiger partial charge in [-0.15, -0.1) is 0 Å². The summed E-state index contributed by atoms with van der Waals surface area (Å²) >= 11 is 0. The summed E-state index contributed by atoms with van der Waals surface area (Å²) < 4.78 is 10.0. The number of ether oxygens (including phenoxy) is 2. The highest BCUT2D eigenvalue weighted by Crippen LogP contribution is 2.20. The van der Waals surface area contributed by atoms with Crippen LogP contribution in [0.4, 0.5) is 0 Å². The average molecular weight is 174 g/mol. The number of hydrogen-bond acceptors (Lipinski definition) is 4. The molecule has 1 aliphatic heterocycles. The predicted molar refractivity (Wildman–Crippen MR) is 41.3 cm³/mol. The number of esters is 1. The Morgan fingerprint density at radius 1 is 1.58 bits per heavy atom. The minimum atomic E-state index is -0.793. The van der Waals surface area contributed by atoms with Crippen LogP contribution in [0.5, 0.6) is 0 Å². The van der Waals surface area contributed by atoms with E-state index in [4.69, 9.17) is 14.6 Å². The molecule has 1 rings (SSSR count). The zero-order valence-corrected chi connectivity index (χ0v) is 7.32. The first-order valence-electron chi connectivity index (χ1n) is 4.08. The fourth-order valence-electron chi connectivity index (χ4n) is 1.40. The van der Waals surface area contributed by atoms with Gasteiger partial charge >= 0.3 is 5.97 Å². The SMILES string of the molecule is CC(=O)O[C@@H]1CC(O)O[C@H](C)C1. The molecular weight excluding hydrogens is 160 g/mol. The molecule has 0 amide bonds. The van der Waals surface area contributed by atoms with Crippen LogP contribution >= 0.6 is 0 Å². The van der Waals surface area contributed by atoms with Crippen molar-refractivity contribution in [3.05, 3.63) is 0 Å². The Bertz CT molecular complexity index is 158. The molecule has 0 radical (unpaired) electrons. The molecule has 1 aliphatic rings. The van der Waals surface area contributed by atoms with Crippen LogP contribution in [0.1, 0.15) is 26.7 Å². The highest BCUT2D eigenvalue weighted by molar-refractivity contribution is 5.66. The molecule has 0 aromatic heterocycles. The fraction of sp³-hybridized carbons (Fsp3) is 0.875. The van der Waals surface area contributed by atoms with E-state index >= 15 is 0 Å². The van der Waals surface area contributed by atoms with Crippen molar-refractivity contribution >= 4 is 5.97 Å². The summed E-state index contributed by atoms with van der Waals surface area (Å²) in [6, 6.07) is 0. The molecule has 1 unspecified atom stereocenters. The average Bonchev–Trinajstić information content (AvgIpc) is 1.81. The number of hydrogen-bond donors (Lipinski definition) is 1. The Kier molecular flexibility index (Phi) is 3.05. The van der Waals surface area contributed by atoms with Crippen LogP contribution in [0, 0.1) is 0 Å². The third kappa shape index (κ3) is 2.79. The summed E-state index contributed by atoms with van der Waals surface area (Å²) in [7, 11) is 0. The van der Waals surface area contributed by atoms with E-state index in [0.717, 1.165) is 0 Å². The van der Waals surface area contributed by atoms with Gasteiger partial charge in [0, 0.05) is 19.8 Å². The Hall–Kier alpha value is -0.610. The molecule has 4 nitrogen and oxygen atoms in total. The van der Waals surface area contributed by atoms with Gasteiger partial charge in [0.25, 0.3) is 0 Å². The summed E-state index contributed by atoms with van der Waals surface area (Å²) in [5, 5.41) is 9.15. The largest absolute Gasteiger partial charge is 0.462 e. The van der Waals surface area contributed by atoms with E-state index in [1.807, 2.05) is 6.92 Å². The van der Waals surface area contributed by atoms with Crippen LogP contribution in [0.3, 0.4) is 0 Å². The topological polar surface area (TPSA) is 55.8 Å². The van der Waals surface area contributed by atoms with E-state index in [-0.39, 0.29) is 18.2 Å². The summed E-state index contributed by atoms with van der Waals surface area (Å²) in [5.41, 5.74) is 0. The van der Waals surface area contributed by atoms with Crippen LogP contribution in [-0.4, -0.2) is 29.6 Å². The molecule has 0 saturated carbocycles. The van der Waals surface area contributed by atoms with E-state index in [1.54, 1.807) is 0 Å². The normalized spacial score (nSPS) is 36.1. The number of carbonyl (C=O) groups is 1. The van der Waals surface area contributed by atoms with Crippen LogP contribution in [-0.2, 0) is 14.3 Å². The molecule has 1 saturated heterocycles. The smallest absolute Gasteiger partial charge is 0.302 e. The van der Waals surface area contributed by atoms with Crippen molar-refractivity contribution < 1.29 is 19.4 Å². The highest BCUT2D eigenvalue weighted by Gasteiger charge is 2.27. The second-order valence-electron chi connectivity index (χ2n) is 3.10. The van der Waals surface area contributed by atoms with Crippen LogP contribution < -0.4 is 0 Å². The number of aliphatic hydroxyl groups excluding tert-OH is 1. The summed E-state index contributed by atoms with van der Waals surface area (Å²) in [6.45, 7) is 3.21. The van der Waals surface area contributed by atoms with Crippen LogP contribution in [0.25, 0.3) is 0 Å². The fourth-order valence-corrected chi connectivity index (χ4v) is 1.40. The van der Waals surface area contributed by atoms with E-state index < -0.39 is 6.29 Å². The number of carbonyl (C=O) groups excluding carboxylic acids is 1. The van der Waals surface area contributed by atoms with Gasteiger partial charge in [0.15, 0.2) is 6.29 Å². The van der Waals surface area contributed by atoms with Crippen molar-refractivity contribution in [2.75, 3.05) is 0 Å². The van der Waals surface area contributed by atoms with Gasteiger partial charge in [-0.1, -0.05) is 0 Å². The maximum absolute atomic E-state index is 10.6. The van der Waals surface area contributed by atoms with Crippen molar-refractivity contribution in [3.8, 4) is 0 Å². The molecule has 70 valence electrons. The zero-order chi connectivity index (χ0) is 9.14. The lowest BCUT2D eigenvalue weighted by Gasteiger charge is -2.30. The summed E-state index contributed by atoms with van der Waals surface area (Å²) in [6.07, 6.45) is 0.0121.